The number of likely N-dealkylation sites (tertiary alicyclic amines) is 1. The van der Waals surface area contributed by atoms with Crippen LogP contribution in [0.25, 0.3) is 0 Å². The van der Waals surface area contributed by atoms with Gasteiger partial charge in [0.25, 0.3) is 0 Å². The van der Waals surface area contributed by atoms with E-state index in [2.05, 4.69) is 15.5 Å². The van der Waals surface area contributed by atoms with E-state index in [9.17, 15) is 4.79 Å². The van der Waals surface area contributed by atoms with E-state index < -0.39 is 0 Å². The third kappa shape index (κ3) is 5.43. The van der Waals surface area contributed by atoms with E-state index >= 15 is 0 Å². The Kier molecular flexibility index (Phi) is 7.46. The number of rotatable bonds is 6. The van der Waals surface area contributed by atoms with Crippen LogP contribution in [0.2, 0.25) is 0 Å². The first-order chi connectivity index (χ1) is 10.7. The molecule has 2 rings (SSSR count). The minimum atomic E-state index is -0.0728. The summed E-state index contributed by atoms with van der Waals surface area (Å²) in [4.78, 5) is 14.7. The van der Waals surface area contributed by atoms with Crippen molar-refractivity contribution in [3.05, 3.63) is 0 Å². The SMILES string of the molecule is CCC(CCO)NC(=O)NC1CCN(C2CCCCC2)CC1. The lowest BCUT2D eigenvalue weighted by Crippen LogP contribution is -2.51. The van der Waals surface area contributed by atoms with Gasteiger partial charge in [0.05, 0.1) is 0 Å². The monoisotopic (exact) mass is 311 g/mol. The van der Waals surface area contributed by atoms with Crippen molar-refractivity contribution in [3.8, 4) is 0 Å². The van der Waals surface area contributed by atoms with Crippen LogP contribution >= 0.6 is 0 Å². The summed E-state index contributed by atoms with van der Waals surface area (Å²) >= 11 is 0. The van der Waals surface area contributed by atoms with Gasteiger partial charge in [-0.25, -0.2) is 4.79 Å². The van der Waals surface area contributed by atoms with Gasteiger partial charge in [0.1, 0.15) is 0 Å². The fourth-order valence-electron chi connectivity index (χ4n) is 3.80. The molecule has 5 nitrogen and oxygen atoms in total. The lowest BCUT2D eigenvalue weighted by atomic mass is 9.92. The Labute approximate surface area is 134 Å². The van der Waals surface area contributed by atoms with Crippen LogP contribution in [0.3, 0.4) is 0 Å². The second kappa shape index (κ2) is 9.36. The fourth-order valence-corrected chi connectivity index (χ4v) is 3.80. The molecule has 0 radical (unpaired) electrons. The molecule has 2 amide bonds. The van der Waals surface area contributed by atoms with Gasteiger partial charge >= 0.3 is 6.03 Å². The molecule has 1 aliphatic heterocycles. The number of aliphatic hydroxyl groups excluding tert-OH is 1. The van der Waals surface area contributed by atoms with Crippen molar-refractivity contribution < 1.29 is 9.90 Å². The maximum Gasteiger partial charge on any atom is 0.315 e. The van der Waals surface area contributed by atoms with Crippen molar-refractivity contribution in [1.29, 1.82) is 0 Å². The van der Waals surface area contributed by atoms with E-state index in [1.54, 1.807) is 0 Å². The molecule has 2 fully saturated rings. The van der Waals surface area contributed by atoms with Gasteiger partial charge < -0.3 is 20.6 Å². The molecule has 128 valence electrons. The van der Waals surface area contributed by atoms with Crippen LogP contribution in [0.15, 0.2) is 0 Å². The number of hydrogen-bond donors (Lipinski definition) is 3. The van der Waals surface area contributed by atoms with Crippen molar-refractivity contribution in [2.24, 2.45) is 0 Å². The van der Waals surface area contributed by atoms with Crippen LogP contribution in [0.4, 0.5) is 4.79 Å². The molecule has 1 saturated carbocycles. The second-order valence-electron chi connectivity index (χ2n) is 6.84. The molecule has 1 saturated heterocycles. The maximum atomic E-state index is 12.0. The third-order valence-corrected chi connectivity index (χ3v) is 5.26. The highest BCUT2D eigenvalue weighted by atomic mass is 16.3. The van der Waals surface area contributed by atoms with Crippen LogP contribution in [0.1, 0.15) is 64.7 Å². The zero-order chi connectivity index (χ0) is 15.8. The van der Waals surface area contributed by atoms with Gasteiger partial charge in [-0.3, -0.25) is 0 Å². The number of piperidine rings is 1. The molecule has 22 heavy (non-hydrogen) atoms. The summed E-state index contributed by atoms with van der Waals surface area (Å²) in [6.07, 6.45) is 10.5. The van der Waals surface area contributed by atoms with E-state index in [-0.39, 0.29) is 18.7 Å². The highest BCUT2D eigenvalue weighted by Gasteiger charge is 2.26. The third-order valence-electron chi connectivity index (χ3n) is 5.26. The van der Waals surface area contributed by atoms with Gasteiger partial charge in [-0.15, -0.1) is 0 Å². The molecule has 0 bridgehead atoms. The highest BCUT2D eigenvalue weighted by molar-refractivity contribution is 5.74. The molecule has 0 spiro atoms. The molecule has 5 heteroatoms. The van der Waals surface area contributed by atoms with Gasteiger partial charge in [-0.2, -0.15) is 0 Å². The van der Waals surface area contributed by atoms with E-state index in [0.29, 0.717) is 12.5 Å². The van der Waals surface area contributed by atoms with Gasteiger partial charge in [0.15, 0.2) is 0 Å². The molecule has 1 aliphatic carbocycles. The summed E-state index contributed by atoms with van der Waals surface area (Å²) < 4.78 is 0. The molecule has 0 aromatic rings. The molecule has 0 aromatic heterocycles. The van der Waals surface area contributed by atoms with E-state index in [1.807, 2.05) is 6.92 Å². The minimum Gasteiger partial charge on any atom is -0.396 e. The molecule has 1 heterocycles. The number of carbonyl (C=O) groups excluding carboxylic acids is 1. The van der Waals surface area contributed by atoms with Crippen LogP contribution in [-0.4, -0.2) is 53.9 Å². The zero-order valence-electron chi connectivity index (χ0n) is 14.0. The Morgan fingerprint density at radius 1 is 1.18 bits per heavy atom. The summed E-state index contributed by atoms with van der Waals surface area (Å²) in [7, 11) is 0. The lowest BCUT2D eigenvalue weighted by Gasteiger charge is -2.39. The quantitative estimate of drug-likeness (QED) is 0.705. The van der Waals surface area contributed by atoms with Crippen molar-refractivity contribution in [3.63, 3.8) is 0 Å². The number of carbonyl (C=O) groups is 1. The number of urea groups is 1. The molecule has 2 aliphatic rings. The first kappa shape index (κ1) is 17.5. The minimum absolute atomic E-state index is 0.0728. The molecular formula is C17H33N3O2. The number of hydrogen-bond acceptors (Lipinski definition) is 3. The van der Waals surface area contributed by atoms with Crippen molar-refractivity contribution in [2.45, 2.75) is 82.8 Å². The average molecular weight is 311 g/mol. The van der Waals surface area contributed by atoms with E-state index in [4.69, 9.17) is 5.11 Å². The Morgan fingerprint density at radius 3 is 2.45 bits per heavy atom. The Bertz CT molecular complexity index is 324. The lowest BCUT2D eigenvalue weighted by molar-refractivity contribution is 0.116. The average Bonchev–Trinajstić information content (AvgIpc) is 2.56. The largest absolute Gasteiger partial charge is 0.396 e. The standard InChI is InChI=1S/C17H33N3O2/c1-2-14(10-13-21)18-17(22)19-15-8-11-20(12-9-15)16-6-4-3-5-7-16/h14-16,21H,2-13H2,1H3,(H2,18,19,22). The zero-order valence-corrected chi connectivity index (χ0v) is 14.0. The molecule has 3 N–H and O–H groups in total. The topological polar surface area (TPSA) is 64.6 Å². The first-order valence-corrected chi connectivity index (χ1v) is 9.14. The Morgan fingerprint density at radius 2 is 1.86 bits per heavy atom. The van der Waals surface area contributed by atoms with Crippen LogP contribution in [0, 0.1) is 0 Å². The summed E-state index contributed by atoms with van der Waals surface area (Å²) in [5.74, 6) is 0. The van der Waals surface area contributed by atoms with Crippen molar-refractivity contribution in [1.82, 2.24) is 15.5 Å². The van der Waals surface area contributed by atoms with Crippen LogP contribution < -0.4 is 10.6 Å². The van der Waals surface area contributed by atoms with Crippen molar-refractivity contribution in [2.75, 3.05) is 19.7 Å². The fraction of sp³-hybridized carbons (Fsp3) is 0.941. The van der Waals surface area contributed by atoms with E-state index in [1.165, 1.54) is 32.1 Å². The maximum absolute atomic E-state index is 12.0. The number of nitrogens with zero attached hydrogens (tertiary/aromatic N) is 1. The molecular weight excluding hydrogens is 278 g/mol. The normalized spacial score (nSPS) is 23.2. The molecule has 1 atom stereocenters. The Balaban J connectivity index is 1.67. The van der Waals surface area contributed by atoms with E-state index in [0.717, 1.165) is 38.4 Å². The second-order valence-corrected chi connectivity index (χ2v) is 6.84. The number of amides is 2. The Hall–Kier alpha value is -0.810. The summed E-state index contributed by atoms with van der Waals surface area (Å²) in [6.45, 7) is 4.38. The van der Waals surface area contributed by atoms with Crippen LogP contribution in [-0.2, 0) is 0 Å². The smallest absolute Gasteiger partial charge is 0.315 e. The number of nitrogens with one attached hydrogen (secondary N) is 2. The predicted molar refractivity (Wildman–Crippen MR) is 88.9 cm³/mol. The number of aliphatic hydroxyl groups is 1. The summed E-state index contributed by atoms with van der Waals surface area (Å²) in [5, 5.41) is 15.1. The van der Waals surface area contributed by atoms with Crippen molar-refractivity contribution >= 4 is 6.03 Å². The molecule has 1 unspecified atom stereocenters. The summed E-state index contributed by atoms with van der Waals surface area (Å²) in [5.41, 5.74) is 0. The van der Waals surface area contributed by atoms with Gasteiger partial charge in [0, 0.05) is 37.8 Å². The van der Waals surface area contributed by atoms with Gasteiger partial charge in [-0.1, -0.05) is 26.2 Å². The highest BCUT2D eigenvalue weighted by Crippen LogP contribution is 2.25. The van der Waals surface area contributed by atoms with Gasteiger partial charge in [0.2, 0.25) is 0 Å². The first-order valence-electron chi connectivity index (χ1n) is 9.14. The van der Waals surface area contributed by atoms with Crippen LogP contribution in [0.5, 0.6) is 0 Å². The summed E-state index contributed by atoms with van der Waals surface area (Å²) in [6, 6.07) is 1.09. The predicted octanol–water partition coefficient (Wildman–Crippen LogP) is 2.24. The van der Waals surface area contributed by atoms with Gasteiger partial charge in [-0.05, 0) is 38.5 Å². The molecule has 0 aromatic carbocycles.